The van der Waals surface area contributed by atoms with E-state index >= 15 is 0 Å². The first-order valence-corrected chi connectivity index (χ1v) is 5.37. The zero-order valence-electron chi connectivity index (χ0n) is 7.61. The van der Waals surface area contributed by atoms with Crippen LogP contribution in [0.3, 0.4) is 0 Å². The lowest BCUT2D eigenvalue weighted by Gasteiger charge is -2.14. The van der Waals surface area contributed by atoms with E-state index in [9.17, 15) is 4.79 Å². The van der Waals surface area contributed by atoms with Crippen molar-refractivity contribution >= 4 is 21.7 Å². The number of rotatable bonds is 1. The van der Waals surface area contributed by atoms with Crippen molar-refractivity contribution in [1.29, 1.82) is 0 Å². The summed E-state index contributed by atoms with van der Waals surface area (Å²) in [4.78, 5) is 15.8. The van der Waals surface area contributed by atoms with E-state index in [1.165, 1.54) is 0 Å². The molecule has 2 rings (SSSR count). The van der Waals surface area contributed by atoms with Gasteiger partial charge in [-0.1, -0.05) is 28.1 Å². The normalized spacial score (nSPS) is 21.2. The number of carbonyl (C=O) groups excluding carboxylic acids is 1. The topological polar surface area (TPSA) is 30.0 Å². The van der Waals surface area contributed by atoms with Crippen LogP contribution >= 0.6 is 15.9 Å². The van der Waals surface area contributed by atoms with Gasteiger partial charge in [0.25, 0.3) is 0 Å². The third-order valence-corrected chi connectivity index (χ3v) is 2.79. The molecule has 0 fully saturated rings. The van der Waals surface area contributed by atoms with E-state index in [0.29, 0.717) is 6.42 Å². The summed E-state index contributed by atoms with van der Waals surface area (Å²) in [5, 5.41) is 0. The van der Waals surface area contributed by atoms with Gasteiger partial charge >= 0.3 is 0 Å². The number of hydrogen-bond acceptors (Lipinski definition) is 2. The highest BCUT2D eigenvalue weighted by Crippen LogP contribution is 2.24. The number of nitrogens with zero attached hydrogens (tertiary/aromatic N) is 1. The first-order chi connectivity index (χ1) is 6.77. The van der Waals surface area contributed by atoms with Gasteiger partial charge in [-0.05, 0) is 18.6 Å². The fourth-order valence-corrected chi connectivity index (χ4v) is 1.93. The Kier molecular flexibility index (Phi) is 2.77. The molecule has 0 N–H and O–H groups in total. The molecular weight excluding hydrogens is 242 g/mol. The van der Waals surface area contributed by atoms with E-state index in [1.54, 1.807) is 6.20 Å². The van der Waals surface area contributed by atoms with Crippen LogP contribution in [0.25, 0.3) is 0 Å². The standard InChI is InChI=1S/C11H10BrNO/c12-8-5-6-13-10(7-8)9-3-1-2-4-11(9)14/h1,3,5-7,9H,2,4H2. The molecule has 1 heterocycles. The molecule has 1 aromatic heterocycles. The van der Waals surface area contributed by atoms with E-state index in [-0.39, 0.29) is 11.7 Å². The fraction of sp³-hybridized carbons (Fsp3) is 0.273. The summed E-state index contributed by atoms with van der Waals surface area (Å²) in [6.45, 7) is 0. The van der Waals surface area contributed by atoms with Crippen molar-refractivity contribution in [3.05, 3.63) is 40.6 Å². The molecule has 72 valence electrons. The predicted octanol–water partition coefficient (Wildman–Crippen LogP) is 2.85. The van der Waals surface area contributed by atoms with Gasteiger partial charge in [0.15, 0.2) is 0 Å². The van der Waals surface area contributed by atoms with E-state index < -0.39 is 0 Å². The molecule has 1 atom stereocenters. The van der Waals surface area contributed by atoms with E-state index in [0.717, 1.165) is 16.6 Å². The van der Waals surface area contributed by atoms with Gasteiger partial charge < -0.3 is 0 Å². The predicted molar refractivity (Wildman–Crippen MR) is 58.1 cm³/mol. The van der Waals surface area contributed by atoms with Crippen molar-refractivity contribution < 1.29 is 4.79 Å². The molecule has 1 aliphatic carbocycles. The minimum absolute atomic E-state index is 0.138. The first kappa shape index (κ1) is 9.59. The Morgan fingerprint density at radius 1 is 1.50 bits per heavy atom. The molecule has 0 radical (unpaired) electrons. The van der Waals surface area contributed by atoms with E-state index in [4.69, 9.17) is 0 Å². The SMILES string of the molecule is O=C1CCC=CC1c1cc(Br)ccn1. The Bertz CT molecular complexity index is 387. The van der Waals surface area contributed by atoms with E-state index in [2.05, 4.69) is 27.0 Å². The van der Waals surface area contributed by atoms with Gasteiger partial charge in [-0.3, -0.25) is 9.78 Å². The van der Waals surface area contributed by atoms with Gasteiger partial charge in [-0.15, -0.1) is 0 Å². The van der Waals surface area contributed by atoms with Gasteiger partial charge in [0.1, 0.15) is 5.78 Å². The number of hydrogen-bond donors (Lipinski definition) is 0. The van der Waals surface area contributed by atoms with Crippen LogP contribution in [0.15, 0.2) is 35.0 Å². The largest absolute Gasteiger partial charge is 0.299 e. The molecule has 14 heavy (non-hydrogen) atoms. The van der Waals surface area contributed by atoms with Gasteiger partial charge in [0.05, 0.1) is 11.6 Å². The first-order valence-electron chi connectivity index (χ1n) is 4.58. The maximum atomic E-state index is 11.6. The monoisotopic (exact) mass is 251 g/mol. The number of allylic oxidation sites excluding steroid dienone is 2. The summed E-state index contributed by atoms with van der Waals surface area (Å²) < 4.78 is 0.967. The molecule has 0 amide bonds. The van der Waals surface area contributed by atoms with Crippen LogP contribution in [0.4, 0.5) is 0 Å². The quantitative estimate of drug-likeness (QED) is 0.719. The number of carbonyl (C=O) groups is 1. The smallest absolute Gasteiger partial charge is 0.146 e. The van der Waals surface area contributed by atoms with Crippen molar-refractivity contribution in [3.8, 4) is 0 Å². The average molecular weight is 252 g/mol. The van der Waals surface area contributed by atoms with Gasteiger partial charge in [0, 0.05) is 17.1 Å². The highest BCUT2D eigenvalue weighted by molar-refractivity contribution is 9.10. The second kappa shape index (κ2) is 4.05. The Hall–Kier alpha value is -0.960. The summed E-state index contributed by atoms with van der Waals surface area (Å²) in [5.74, 6) is 0.124. The lowest BCUT2D eigenvalue weighted by molar-refractivity contribution is -0.119. The molecule has 0 spiro atoms. The van der Waals surface area contributed by atoms with Crippen LogP contribution in [-0.4, -0.2) is 10.8 Å². The lowest BCUT2D eigenvalue weighted by atomic mass is 9.91. The average Bonchev–Trinajstić information content (AvgIpc) is 2.18. The molecule has 1 unspecified atom stereocenters. The molecule has 1 aliphatic rings. The second-order valence-corrected chi connectivity index (χ2v) is 4.23. The van der Waals surface area contributed by atoms with Crippen molar-refractivity contribution in [2.45, 2.75) is 18.8 Å². The highest BCUT2D eigenvalue weighted by Gasteiger charge is 2.20. The number of Topliss-reactive ketones (excluding diaryl/α,β-unsaturated/α-hetero) is 1. The molecule has 0 saturated heterocycles. The van der Waals surface area contributed by atoms with Crippen LogP contribution in [-0.2, 0) is 4.79 Å². The van der Waals surface area contributed by atoms with Crippen LogP contribution < -0.4 is 0 Å². The van der Waals surface area contributed by atoms with E-state index in [1.807, 2.05) is 18.2 Å². The Balaban J connectivity index is 2.34. The maximum absolute atomic E-state index is 11.6. The molecule has 0 aromatic carbocycles. The summed E-state index contributed by atoms with van der Waals surface area (Å²) in [7, 11) is 0. The number of aromatic nitrogens is 1. The fourth-order valence-electron chi connectivity index (χ4n) is 1.58. The van der Waals surface area contributed by atoms with Gasteiger partial charge in [-0.2, -0.15) is 0 Å². The van der Waals surface area contributed by atoms with Crippen molar-refractivity contribution in [3.63, 3.8) is 0 Å². The summed E-state index contributed by atoms with van der Waals surface area (Å²) in [5.41, 5.74) is 0.834. The van der Waals surface area contributed by atoms with Gasteiger partial charge in [0.2, 0.25) is 0 Å². The van der Waals surface area contributed by atoms with Crippen molar-refractivity contribution in [2.75, 3.05) is 0 Å². The molecular formula is C11H10BrNO. The number of ketones is 1. The maximum Gasteiger partial charge on any atom is 0.146 e. The summed E-state index contributed by atoms with van der Waals surface area (Å²) >= 11 is 3.37. The second-order valence-electron chi connectivity index (χ2n) is 3.31. The molecule has 2 nitrogen and oxygen atoms in total. The Morgan fingerprint density at radius 2 is 2.36 bits per heavy atom. The third-order valence-electron chi connectivity index (χ3n) is 2.29. The third kappa shape index (κ3) is 1.93. The van der Waals surface area contributed by atoms with Gasteiger partial charge in [-0.25, -0.2) is 0 Å². The summed E-state index contributed by atoms with van der Waals surface area (Å²) in [6.07, 6.45) is 7.21. The van der Waals surface area contributed by atoms with Crippen molar-refractivity contribution in [1.82, 2.24) is 4.98 Å². The molecule has 0 aliphatic heterocycles. The molecule has 1 aromatic rings. The summed E-state index contributed by atoms with van der Waals surface area (Å²) in [6, 6.07) is 3.76. The zero-order valence-corrected chi connectivity index (χ0v) is 9.20. The molecule has 0 saturated carbocycles. The van der Waals surface area contributed by atoms with Crippen LogP contribution in [0.1, 0.15) is 24.5 Å². The number of pyridine rings is 1. The minimum Gasteiger partial charge on any atom is -0.299 e. The lowest BCUT2D eigenvalue weighted by Crippen LogP contribution is -2.14. The van der Waals surface area contributed by atoms with Crippen LogP contribution in [0.2, 0.25) is 0 Å². The Labute approximate surface area is 91.2 Å². The highest BCUT2D eigenvalue weighted by atomic mass is 79.9. The van der Waals surface area contributed by atoms with Crippen LogP contribution in [0, 0.1) is 0 Å². The van der Waals surface area contributed by atoms with Crippen LogP contribution in [0.5, 0.6) is 0 Å². The Morgan fingerprint density at radius 3 is 3.07 bits per heavy atom. The zero-order chi connectivity index (χ0) is 9.97. The molecule has 3 heteroatoms. The number of halogens is 1. The van der Waals surface area contributed by atoms with Crippen molar-refractivity contribution in [2.24, 2.45) is 0 Å². The minimum atomic E-state index is -0.138. The molecule has 0 bridgehead atoms.